The second-order valence-corrected chi connectivity index (χ2v) is 4.12. The molecule has 0 saturated heterocycles. The van der Waals surface area contributed by atoms with E-state index in [0.717, 1.165) is 22.9 Å². The van der Waals surface area contributed by atoms with E-state index in [-0.39, 0.29) is 5.97 Å². The minimum Gasteiger partial charge on any atom is -0.457 e. The summed E-state index contributed by atoms with van der Waals surface area (Å²) in [5, 5.41) is 2.30. The second kappa shape index (κ2) is 3.34. The fourth-order valence-corrected chi connectivity index (χ4v) is 2.14. The van der Waals surface area contributed by atoms with Crippen LogP contribution in [0.25, 0.3) is 10.8 Å². The van der Waals surface area contributed by atoms with Crippen LogP contribution in [0, 0.1) is 0 Å². The quantitative estimate of drug-likeness (QED) is 0.679. The molecule has 0 aromatic heterocycles. The first-order valence-electron chi connectivity index (χ1n) is 5.50. The number of hydrogen-bond donors (Lipinski definition) is 0. The monoisotopic (exact) mass is 212 g/mol. The molecule has 0 atom stereocenters. The molecule has 2 nitrogen and oxygen atoms in total. The smallest absolute Gasteiger partial charge is 0.338 e. The van der Waals surface area contributed by atoms with Crippen LogP contribution >= 0.6 is 0 Å². The molecule has 0 radical (unpaired) electrons. The van der Waals surface area contributed by atoms with Crippen molar-refractivity contribution in [1.29, 1.82) is 0 Å². The van der Waals surface area contributed by atoms with Crippen LogP contribution < -0.4 is 0 Å². The maximum absolute atomic E-state index is 11.4. The first-order valence-corrected chi connectivity index (χ1v) is 5.50. The number of aryl methyl sites for hydroxylation is 1. The van der Waals surface area contributed by atoms with Gasteiger partial charge in [0.1, 0.15) is 6.61 Å². The molecule has 3 rings (SSSR count). The van der Waals surface area contributed by atoms with E-state index in [1.807, 2.05) is 6.07 Å². The Bertz CT molecular complexity index is 585. The topological polar surface area (TPSA) is 26.3 Å². The molecule has 0 aliphatic carbocycles. The van der Waals surface area contributed by atoms with Gasteiger partial charge in [-0.1, -0.05) is 25.1 Å². The highest BCUT2D eigenvalue weighted by Gasteiger charge is 2.21. The lowest BCUT2D eigenvalue weighted by atomic mass is 10.00. The van der Waals surface area contributed by atoms with Gasteiger partial charge in [-0.25, -0.2) is 4.79 Å². The number of carbonyl (C=O) groups is 1. The summed E-state index contributed by atoms with van der Waals surface area (Å²) in [6.07, 6.45) is 1.01. The second-order valence-electron chi connectivity index (χ2n) is 4.12. The van der Waals surface area contributed by atoms with E-state index in [1.165, 1.54) is 10.9 Å². The molecule has 0 fully saturated rings. The van der Waals surface area contributed by atoms with Crippen LogP contribution in [0.4, 0.5) is 0 Å². The maximum atomic E-state index is 11.4. The summed E-state index contributed by atoms with van der Waals surface area (Å²) in [6.45, 7) is 2.54. The zero-order valence-corrected chi connectivity index (χ0v) is 9.12. The van der Waals surface area contributed by atoms with Crippen molar-refractivity contribution in [3.05, 3.63) is 47.0 Å². The van der Waals surface area contributed by atoms with Gasteiger partial charge in [0.05, 0.1) is 5.56 Å². The van der Waals surface area contributed by atoms with Gasteiger partial charge in [-0.05, 0) is 34.9 Å². The number of carbonyl (C=O) groups excluding carboxylic acids is 1. The summed E-state index contributed by atoms with van der Waals surface area (Å²) in [6, 6.07) is 10.4. The Morgan fingerprint density at radius 1 is 1.19 bits per heavy atom. The van der Waals surface area contributed by atoms with Gasteiger partial charge in [-0.15, -0.1) is 0 Å². The third kappa shape index (κ3) is 1.30. The normalized spacial score (nSPS) is 13.9. The van der Waals surface area contributed by atoms with Gasteiger partial charge in [0.2, 0.25) is 0 Å². The van der Waals surface area contributed by atoms with Gasteiger partial charge in [0, 0.05) is 5.56 Å². The number of fused-ring (bicyclic) bond motifs is 2. The van der Waals surface area contributed by atoms with E-state index < -0.39 is 0 Å². The molecule has 16 heavy (non-hydrogen) atoms. The fraction of sp³-hybridized carbons (Fsp3) is 0.214. The molecule has 80 valence electrons. The summed E-state index contributed by atoms with van der Waals surface area (Å²) in [4.78, 5) is 11.4. The highest BCUT2D eigenvalue weighted by atomic mass is 16.5. The Morgan fingerprint density at radius 3 is 2.88 bits per heavy atom. The van der Waals surface area contributed by atoms with Crippen molar-refractivity contribution in [2.75, 3.05) is 0 Å². The minimum absolute atomic E-state index is 0.196. The standard InChI is InChI=1S/C14H12O2/c1-2-9-3-4-10-6-12-8-16-14(15)13(12)7-11(10)5-9/h3-7H,2,8H2,1H3. The van der Waals surface area contributed by atoms with Crippen molar-refractivity contribution < 1.29 is 9.53 Å². The first-order chi connectivity index (χ1) is 7.78. The highest BCUT2D eigenvalue weighted by molar-refractivity contribution is 5.99. The van der Waals surface area contributed by atoms with Crippen molar-refractivity contribution in [2.24, 2.45) is 0 Å². The van der Waals surface area contributed by atoms with Gasteiger partial charge in [-0.3, -0.25) is 0 Å². The Hall–Kier alpha value is -1.83. The predicted molar refractivity (Wildman–Crippen MR) is 62.4 cm³/mol. The van der Waals surface area contributed by atoms with E-state index in [1.54, 1.807) is 0 Å². The average molecular weight is 212 g/mol. The maximum Gasteiger partial charge on any atom is 0.338 e. The summed E-state index contributed by atoms with van der Waals surface area (Å²) in [5.74, 6) is -0.196. The third-order valence-corrected chi connectivity index (χ3v) is 3.11. The summed E-state index contributed by atoms with van der Waals surface area (Å²) >= 11 is 0. The predicted octanol–water partition coefficient (Wildman–Crippen LogP) is 3.07. The number of ether oxygens (including phenoxy) is 1. The zero-order valence-electron chi connectivity index (χ0n) is 9.12. The van der Waals surface area contributed by atoms with Crippen LogP contribution in [0.15, 0.2) is 30.3 Å². The molecule has 2 aromatic carbocycles. The van der Waals surface area contributed by atoms with Gasteiger partial charge < -0.3 is 4.74 Å². The largest absolute Gasteiger partial charge is 0.457 e. The van der Waals surface area contributed by atoms with Crippen molar-refractivity contribution >= 4 is 16.7 Å². The Kier molecular flexibility index (Phi) is 1.96. The van der Waals surface area contributed by atoms with Gasteiger partial charge in [0.25, 0.3) is 0 Å². The lowest BCUT2D eigenvalue weighted by Gasteiger charge is -2.03. The molecule has 0 saturated carbocycles. The Balaban J connectivity index is 2.27. The van der Waals surface area contributed by atoms with E-state index in [0.29, 0.717) is 6.61 Å². The van der Waals surface area contributed by atoms with Crippen LogP contribution in [-0.2, 0) is 17.8 Å². The molecule has 0 bridgehead atoms. The van der Waals surface area contributed by atoms with E-state index >= 15 is 0 Å². The lowest BCUT2D eigenvalue weighted by molar-refractivity contribution is 0.0535. The molecular weight excluding hydrogens is 200 g/mol. The number of rotatable bonds is 1. The molecule has 0 unspecified atom stereocenters. The number of hydrogen-bond acceptors (Lipinski definition) is 2. The van der Waals surface area contributed by atoms with Crippen molar-refractivity contribution in [1.82, 2.24) is 0 Å². The van der Waals surface area contributed by atoms with Crippen LogP contribution in [-0.4, -0.2) is 5.97 Å². The van der Waals surface area contributed by atoms with Gasteiger partial charge >= 0.3 is 5.97 Å². The Labute approximate surface area is 93.8 Å². The lowest BCUT2D eigenvalue weighted by Crippen LogP contribution is -1.93. The van der Waals surface area contributed by atoms with Crippen LogP contribution in [0.3, 0.4) is 0 Å². The van der Waals surface area contributed by atoms with Crippen LogP contribution in [0.1, 0.15) is 28.4 Å². The number of cyclic esters (lactones) is 1. The van der Waals surface area contributed by atoms with E-state index in [4.69, 9.17) is 4.74 Å². The molecular formula is C14H12O2. The molecule has 2 aromatic rings. The van der Waals surface area contributed by atoms with Gasteiger partial charge in [-0.2, -0.15) is 0 Å². The molecule has 0 spiro atoms. The molecule has 0 N–H and O–H groups in total. The molecule has 1 aliphatic rings. The summed E-state index contributed by atoms with van der Waals surface area (Å²) < 4.78 is 5.01. The molecule has 1 heterocycles. The number of benzene rings is 2. The van der Waals surface area contributed by atoms with Crippen molar-refractivity contribution in [2.45, 2.75) is 20.0 Å². The van der Waals surface area contributed by atoms with Crippen molar-refractivity contribution in [3.63, 3.8) is 0 Å². The van der Waals surface area contributed by atoms with Crippen molar-refractivity contribution in [3.8, 4) is 0 Å². The van der Waals surface area contributed by atoms with E-state index in [9.17, 15) is 4.79 Å². The summed E-state index contributed by atoms with van der Waals surface area (Å²) in [7, 11) is 0. The molecule has 0 amide bonds. The minimum atomic E-state index is -0.196. The number of esters is 1. The fourth-order valence-electron chi connectivity index (χ4n) is 2.14. The van der Waals surface area contributed by atoms with E-state index in [2.05, 4.69) is 31.2 Å². The summed E-state index contributed by atoms with van der Waals surface area (Å²) in [5.41, 5.74) is 3.02. The molecule has 2 heteroatoms. The zero-order chi connectivity index (χ0) is 11.1. The SMILES string of the molecule is CCc1ccc2cc3c(cc2c1)C(=O)OC3. The first kappa shape index (κ1) is 9.40. The van der Waals surface area contributed by atoms with Gasteiger partial charge in [0.15, 0.2) is 0 Å². The third-order valence-electron chi connectivity index (χ3n) is 3.11. The van der Waals surface area contributed by atoms with Crippen LogP contribution in [0.2, 0.25) is 0 Å². The molecule has 1 aliphatic heterocycles. The Morgan fingerprint density at radius 2 is 2.06 bits per heavy atom. The highest BCUT2D eigenvalue weighted by Crippen LogP contribution is 2.26. The van der Waals surface area contributed by atoms with Crippen LogP contribution in [0.5, 0.6) is 0 Å². The average Bonchev–Trinajstić information content (AvgIpc) is 2.67.